The van der Waals surface area contributed by atoms with E-state index < -0.39 is 11.9 Å². The van der Waals surface area contributed by atoms with Crippen molar-refractivity contribution in [2.75, 3.05) is 20.2 Å². The number of piperidine rings is 1. The van der Waals surface area contributed by atoms with Crippen LogP contribution in [0.25, 0.3) is 11.1 Å². The predicted octanol–water partition coefficient (Wildman–Crippen LogP) is 5.68. The third-order valence-corrected chi connectivity index (χ3v) is 8.32. The van der Waals surface area contributed by atoms with Crippen LogP contribution in [0.3, 0.4) is 0 Å². The van der Waals surface area contributed by atoms with Gasteiger partial charge in [0, 0.05) is 31.3 Å². The number of likely N-dealkylation sites (tertiary alicyclic amines) is 1. The van der Waals surface area contributed by atoms with Crippen LogP contribution in [0, 0.1) is 23.6 Å². The topological polar surface area (TPSA) is 71.9 Å². The number of carboxylic acids is 1. The van der Waals surface area contributed by atoms with E-state index in [0.29, 0.717) is 17.9 Å². The lowest BCUT2D eigenvalue weighted by molar-refractivity contribution is -0.141. The molecule has 1 N–H and O–H groups in total. The number of aryl methyl sites for hydroxylation is 1. The second-order valence-electron chi connectivity index (χ2n) is 11.1. The summed E-state index contributed by atoms with van der Waals surface area (Å²) < 4.78 is 26.7. The summed E-state index contributed by atoms with van der Waals surface area (Å²) in [5, 5.41) is 9.30. The smallest absolute Gasteiger partial charge is 0.306 e. The molecule has 0 amide bonds. The molecule has 6 nitrogen and oxygen atoms in total. The second-order valence-corrected chi connectivity index (χ2v) is 11.1. The molecule has 1 aliphatic carbocycles. The number of pyridine rings is 1. The van der Waals surface area contributed by atoms with Gasteiger partial charge in [0.1, 0.15) is 17.7 Å². The number of aromatic nitrogens is 1. The number of rotatable bonds is 8. The van der Waals surface area contributed by atoms with Crippen LogP contribution in [-0.4, -0.2) is 41.2 Å². The number of halogens is 1. The molecule has 2 aliphatic heterocycles. The Bertz CT molecular complexity index is 1370. The summed E-state index contributed by atoms with van der Waals surface area (Å²) in [7, 11) is 1.54. The number of benzene rings is 2. The molecule has 1 saturated heterocycles. The van der Waals surface area contributed by atoms with E-state index in [0.717, 1.165) is 77.9 Å². The lowest BCUT2D eigenvalue weighted by Gasteiger charge is -2.28. The van der Waals surface area contributed by atoms with Gasteiger partial charge in [0.2, 0.25) is 5.88 Å². The highest BCUT2D eigenvalue weighted by Crippen LogP contribution is 2.46. The number of carbonyl (C=O) groups is 1. The Kier molecular flexibility index (Phi) is 6.56. The molecule has 0 bridgehead atoms. The predicted molar refractivity (Wildman–Crippen MR) is 142 cm³/mol. The third kappa shape index (κ3) is 4.99. The van der Waals surface area contributed by atoms with Crippen molar-refractivity contribution in [1.29, 1.82) is 0 Å². The quantitative estimate of drug-likeness (QED) is 0.416. The van der Waals surface area contributed by atoms with Crippen LogP contribution in [0.1, 0.15) is 48.1 Å². The number of aliphatic carboxylic acids is 1. The maximum Gasteiger partial charge on any atom is 0.306 e. The van der Waals surface area contributed by atoms with Gasteiger partial charge in [-0.3, -0.25) is 9.69 Å². The molecule has 3 aliphatic rings. The number of carboxylic acid groups (broad SMARTS) is 1. The zero-order chi connectivity index (χ0) is 26.4. The van der Waals surface area contributed by atoms with Gasteiger partial charge in [0.05, 0.1) is 19.2 Å². The van der Waals surface area contributed by atoms with Crippen molar-refractivity contribution < 1.29 is 23.8 Å². The molecule has 6 rings (SSSR count). The fourth-order valence-electron chi connectivity index (χ4n) is 6.03. The van der Waals surface area contributed by atoms with Gasteiger partial charge in [-0.05, 0) is 71.4 Å². The summed E-state index contributed by atoms with van der Waals surface area (Å²) in [5.41, 5.74) is 5.61. The Labute approximate surface area is 222 Å². The van der Waals surface area contributed by atoms with Gasteiger partial charge in [0.15, 0.2) is 0 Å². The zero-order valence-electron chi connectivity index (χ0n) is 21.8. The molecule has 0 spiro atoms. The largest absolute Gasteiger partial charge is 0.485 e. The van der Waals surface area contributed by atoms with E-state index in [1.807, 2.05) is 24.3 Å². The van der Waals surface area contributed by atoms with E-state index in [-0.39, 0.29) is 11.9 Å². The summed E-state index contributed by atoms with van der Waals surface area (Å²) in [5.74, 6) is 1.23. The SMILES string of the molecule is COc1cc(-c2ccc(C3CCc4ccc(C[C@H](C)C(=O)O)cc4O3)cc2CN2CC3CC3C2)c(F)cn1. The molecule has 2 fully saturated rings. The fourth-order valence-corrected chi connectivity index (χ4v) is 6.03. The molecular weight excluding hydrogens is 483 g/mol. The first-order valence-electron chi connectivity index (χ1n) is 13.4. The average molecular weight is 517 g/mol. The third-order valence-electron chi connectivity index (χ3n) is 8.32. The molecule has 38 heavy (non-hydrogen) atoms. The van der Waals surface area contributed by atoms with Crippen LogP contribution in [0.4, 0.5) is 4.39 Å². The summed E-state index contributed by atoms with van der Waals surface area (Å²) in [6, 6.07) is 13.9. The van der Waals surface area contributed by atoms with Crippen molar-refractivity contribution in [3.8, 4) is 22.8 Å². The summed E-state index contributed by atoms with van der Waals surface area (Å²) in [6.45, 7) is 4.68. The number of methoxy groups -OCH3 is 1. The van der Waals surface area contributed by atoms with Crippen molar-refractivity contribution in [2.24, 2.45) is 17.8 Å². The van der Waals surface area contributed by atoms with Crippen LogP contribution in [0.2, 0.25) is 0 Å². The highest BCUT2D eigenvalue weighted by Gasteiger charge is 2.44. The first-order chi connectivity index (χ1) is 18.4. The molecule has 7 heteroatoms. The molecule has 2 aromatic carbocycles. The number of fused-ring (bicyclic) bond motifs is 2. The first-order valence-corrected chi connectivity index (χ1v) is 13.4. The van der Waals surface area contributed by atoms with Gasteiger partial charge in [-0.1, -0.05) is 37.3 Å². The summed E-state index contributed by atoms with van der Waals surface area (Å²) in [4.78, 5) is 17.8. The van der Waals surface area contributed by atoms with Crippen LogP contribution in [0.5, 0.6) is 11.6 Å². The summed E-state index contributed by atoms with van der Waals surface area (Å²) >= 11 is 0. The molecule has 1 aromatic heterocycles. The van der Waals surface area contributed by atoms with E-state index in [4.69, 9.17) is 9.47 Å². The van der Waals surface area contributed by atoms with Gasteiger partial charge in [-0.2, -0.15) is 0 Å². The molecule has 4 atom stereocenters. The van der Waals surface area contributed by atoms with Crippen molar-refractivity contribution in [3.05, 3.63) is 76.7 Å². The zero-order valence-corrected chi connectivity index (χ0v) is 21.8. The van der Waals surface area contributed by atoms with Crippen LogP contribution < -0.4 is 9.47 Å². The molecular formula is C31H33FN2O4. The standard InChI is InChI=1S/C31H33FN2O4/c1-18(31(35)36)9-19-3-4-20-6-8-28(38-29(20)10-19)21-5-7-25(26-13-30(37-2)33-14-27(26)32)24(11-21)17-34-15-22-12-23(22)16-34/h3-5,7,10-11,13-14,18,22-23,28H,6,8-9,12,15-17H2,1-2H3,(H,35,36)/t18-,22?,23?,28?/m0/s1. The Morgan fingerprint density at radius 2 is 2.00 bits per heavy atom. The summed E-state index contributed by atoms with van der Waals surface area (Å²) in [6.07, 6.45) is 4.64. The van der Waals surface area contributed by atoms with E-state index in [9.17, 15) is 14.3 Å². The second kappa shape index (κ2) is 10.0. The molecule has 0 radical (unpaired) electrons. The molecule has 3 aromatic rings. The molecule has 3 heterocycles. The minimum Gasteiger partial charge on any atom is -0.485 e. The van der Waals surface area contributed by atoms with Gasteiger partial charge < -0.3 is 14.6 Å². The van der Waals surface area contributed by atoms with Gasteiger partial charge in [-0.15, -0.1) is 0 Å². The van der Waals surface area contributed by atoms with E-state index in [2.05, 4.69) is 22.0 Å². The minimum atomic E-state index is -0.798. The normalized spacial score (nSPS) is 22.8. The van der Waals surface area contributed by atoms with Crippen molar-refractivity contribution in [2.45, 2.75) is 45.3 Å². The van der Waals surface area contributed by atoms with Crippen LogP contribution >= 0.6 is 0 Å². The number of ether oxygens (including phenoxy) is 2. The monoisotopic (exact) mass is 516 g/mol. The van der Waals surface area contributed by atoms with Crippen molar-refractivity contribution in [1.82, 2.24) is 9.88 Å². The van der Waals surface area contributed by atoms with Gasteiger partial charge in [-0.25, -0.2) is 9.37 Å². The fraction of sp³-hybridized carbons (Fsp3) is 0.419. The highest BCUT2D eigenvalue weighted by atomic mass is 19.1. The van der Waals surface area contributed by atoms with Crippen molar-refractivity contribution >= 4 is 5.97 Å². The lowest BCUT2D eigenvalue weighted by atomic mass is 9.91. The Morgan fingerprint density at radius 1 is 1.18 bits per heavy atom. The van der Waals surface area contributed by atoms with Gasteiger partial charge in [0.25, 0.3) is 0 Å². The maximum absolute atomic E-state index is 15.0. The first kappa shape index (κ1) is 24.9. The lowest BCUT2D eigenvalue weighted by Crippen LogP contribution is -2.23. The number of nitrogens with zero attached hydrogens (tertiary/aromatic N) is 2. The highest BCUT2D eigenvalue weighted by molar-refractivity contribution is 5.70. The maximum atomic E-state index is 15.0. The Hall–Kier alpha value is -3.45. The van der Waals surface area contributed by atoms with Gasteiger partial charge >= 0.3 is 5.97 Å². The van der Waals surface area contributed by atoms with Crippen LogP contribution in [-0.2, 0) is 24.2 Å². The molecule has 3 unspecified atom stereocenters. The van der Waals surface area contributed by atoms with E-state index >= 15 is 0 Å². The number of hydrogen-bond acceptors (Lipinski definition) is 5. The average Bonchev–Trinajstić information content (AvgIpc) is 3.53. The van der Waals surface area contributed by atoms with Crippen molar-refractivity contribution in [3.63, 3.8) is 0 Å². The number of hydrogen-bond donors (Lipinski definition) is 1. The Morgan fingerprint density at radius 3 is 2.76 bits per heavy atom. The Balaban J connectivity index is 1.30. The minimum absolute atomic E-state index is 0.119. The molecule has 198 valence electrons. The van der Waals surface area contributed by atoms with Crippen LogP contribution in [0.15, 0.2) is 48.7 Å². The molecule has 1 saturated carbocycles. The van der Waals surface area contributed by atoms with E-state index in [1.165, 1.54) is 19.7 Å². The van der Waals surface area contributed by atoms with E-state index in [1.54, 1.807) is 13.0 Å².